The Kier molecular flexibility index (Phi) is 25.5. The number of fused-ring (bicyclic) bond motifs is 24. The molecule has 0 radical (unpaired) electrons. The summed E-state index contributed by atoms with van der Waals surface area (Å²) in [5, 5.41) is 5.60. The molecule has 2 heterocycles. The van der Waals surface area contributed by atoms with Gasteiger partial charge in [-0.2, -0.15) is 0 Å². The number of rotatable bonds is 4. The molecule has 0 unspecified atom stereocenters. The second kappa shape index (κ2) is 38.6. The first-order chi connectivity index (χ1) is 69.8. The van der Waals surface area contributed by atoms with Gasteiger partial charge in [-0.25, -0.2) is 0 Å². The topological polar surface area (TPSA) is 0 Å². The van der Waals surface area contributed by atoms with Crippen molar-refractivity contribution in [3.05, 3.63) is 595 Å². The Labute approximate surface area is 860 Å². The minimum atomic E-state index is -0.264. The van der Waals surface area contributed by atoms with Gasteiger partial charge in [0.25, 0.3) is 0 Å². The zero-order chi connectivity index (χ0) is 99.6. The molecule has 0 nitrogen and oxygen atoms in total. The van der Waals surface area contributed by atoms with Crippen LogP contribution in [-0.2, 0) is 32.5 Å². The van der Waals surface area contributed by atoms with E-state index < -0.39 is 0 Å². The summed E-state index contributed by atoms with van der Waals surface area (Å²) < 4.78 is 5.55. The number of thiophene rings is 2. The van der Waals surface area contributed by atoms with Crippen molar-refractivity contribution in [3.8, 4) is 66.8 Å². The summed E-state index contributed by atoms with van der Waals surface area (Å²) >= 11 is 3.75. The lowest BCUT2D eigenvalue weighted by atomic mass is 9.67. The lowest BCUT2D eigenvalue weighted by Crippen LogP contribution is -2.29. The monoisotopic (exact) mass is 1890 g/mol. The van der Waals surface area contributed by atoms with E-state index in [1.165, 1.54) is 241 Å². The van der Waals surface area contributed by atoms with Crippen LogP contribution in [-0.4, -0.2) is 0 Å². The van der Waals surface area contributed by atoms with Crippen molar-refractivity contribution in [3.63, 3.8) is 0 Å². The largest absolute Gasteiger partial charge is 0.135 e. The highest BCUT2D eigenvalue weighted by Crippen LogP contribution is 2.60. The molecule has 0 saturated carbocycles. The molecule has 144 heavy (non-hydrogen) atoms. The molecule has 6 aliphatic carbocycles. The minimum Gasteiger partial charge on any atom is -0.135 e. The first-order valence-electron chi connectivity index (χ1n) is 51.0. The number of hydrogen-bond acceptors (Lipinski definition) is 2. The fourth-order valence-corrected chi connectivity index (χ4v) is 27.0. The van der Waals surface area contributed by atoms with Gasteiger partial charge in [-0.1, -0.05) is 508 Å². The maximum absolute atomic E-state index is 2.37. The lowest BCUT2D eigenvalue weighted by Gasteiger charge is -2.34. The standard InChI is InChI=1S/2C26H20.4C16H16.2C13H10S/c1-19-11-10-17-23-22-16-8-9-18-24(22)26(25(19)23,20-12-4-2-5-13-20)21-14-6-3-7-15-21;1-19-16-17-23-22-14-8-9-15-24(22)26(25(23)18-19,20-10-4-2-5-11-20)21-12-6-3-7-13-21;1-11-7-6-9-13-12-8-4-5-10-14(12)16(2,3)15(11)13;1-11-7-6-10-14-15(11)12-8-4-5-9-13(12)16(14,2)3;1-11-8-9-15-13(10-11)12-6-4-5-7-14(12)16(15,2)3;1-11-8-9-13-12-6-4-5-7-14(12)16(2,3)15(13)10-11;1-9-5-4-8-12-13(9)10-6-2-3-7-11(10)14-12;1-9-6-7-13-11(8-9)10-4-2-3-5-12(10)14-13/h2*2-18H,1H3;4*4-10H,1-3H3;2*2-8H,1H3. The van der Waals surface area contributed by atoms with Crippen LogP contribution in [0, 0.1) is 55.4 Å². The summed E-state index contributed by atoms with van der Waals surface area (Å²) in [4.78, 5) is 0. The summed E-state index contributed by atoms with van der Waals surface area (Å²) in [5.41, 5.74) is 50.2. The first-order valence-corrected chi connectivity index (χ1v) is 52.6. The average molecular weight is 1890 g/mol. The molecule has 2 heteroatoms. The summed E-state index contributed by atoms with van der Waals surface area (Å²) in [5.74, 6) is 0. The van der Waals surface area contributed by atoms with Gasteiger partial charge < -0.3 is 0 Å². The van der Waals surface area contributed by atoms with Crippen molar-refractivity contribution >= 4 is 63.0 Å². The van der Waals surface area contributed by atoms with Gasteiger partial charge in [-0.15, -0.1) is 22.7 Å². The number of hydrogen-bond donors (Lipinski definition) is 0. The molecule has 0 bridgehead atoms. The second-order valence-electron chi connectivity index (χ2n) is 42.0. The third-order valence-corrected chi connectivity index (χ3v) is 33.8. The first kappa shape index (κ1) is 95.0. The van der Waals surface area contributed by atoms with Crippen LogP contribution in [0.4, 0.5) is 0 Å². The Morgan fingerprint density at radius 1 is 0.160 bits per heavy atom. The van der Waals surface area contributed by atoms with Gasteiger partial charge in [0.2, 0.25) is 0 Å². The van der Waals surface area contributed by atoms with Crippen LogP contribution in [0.5, 0.6) is 0 Å². The van der Waals surface area contributed by atoms with Crippen LogP contribution in [0.2, 0.25) is 0 Å². The van der Waals surface area contributed by atoms with Crippen LogP contribution >= 0.6 is 22.7 Å². The van der Waals surface area contributed by atoms with Crippen LogP contribution in [0.1, 0.15) is 189 Å². The molecule has 22 aromatic rings. The molecule has 0 N–H and O–H groups in total. The predicted octanol–water partition coefficient (Wildman–Crippen LogP) is 38.6. The summed E-state index contributed by atoms with van der Waals surface area (Å²) in [6, 6.07) is 167. The minimum absolute atomic E-state index is 0.150. The van der Waals surface area contributed by atoms with E-state index in [0.717, 1.165) is 0 Å². The Bertz CT molecular complexity index is 8490. The Morgan fingerprint density at radius 2 is 0.465 bits per heavy atom. The third kappa shape index (κ3) is 16.5. The van der Waals surface area contributed by atoms with Crippen LogP contribution in [0.25, 0.3) is 107 Å². The van der Waals surface area contributed by atoms with Gasteiger partial charge >= 0.3 is 0 Å². The van der Waals surface area contributed by atoms with Gasteiger partial charge in [0.15, 0.2) is 0 Å². The highest BCUT2D eigenvalue weighted by molar-refractivity contribution is 7.26. The van der Waals surface area contributed by atoms with E-state index in [1.807, 2.05) is 22.7 Å². The molecule has 0 aliphatic heterocycles. The maximum atomic E-state index is 2.37. The molecule has 704 valence electrons. The Balaban J connectivity index is 0.0000000982. The smallest absolute Gasteiger partial charge is 0.0716 e. The van der Waals surface area contributed by atoms with Gasteiger partial charge in [0, 0.05) is 62.0 Å². The van der Waals surface area contributed by atoms with E-state index in [9.17, 15) is 0 Å². The van der Waals surface area contributed by atoms with Crippen molar-refractivity contribution in [2.24, 2.45) is 0 Å². The Hall–Kier alpha value is -15.2. The number of aryl methyl sites for hydroxylation is 8. The highest BCUT2D eigenvalue weighted by Gasteiger charge is 2.49. The van der Waals surface area contributed by atoms with Crippen LogP contribution in [0.3, 0.4) is 0 Å². The molecule has 0 spiro atoms. The van der Waals surface area contributed by atoms with Gasteiger partial charge in [-0.3, -0.25) is 0 Å². The lowest BCUT2D eigenvalue weighted by molar-refractivity contribution is 0.655. The van der Waals surface area contributed by atoms with Crippen LogP contribution in [0.15, 0.2) is 461 Å². The van der Waals surface area contributed by atoms with Crippen molar-refractivity contribution < 1.29 is 0 Å². The van der Waals surface area contributed by atoms with E-state index in [2.05, 4.69) is 572 Å². The average Bonchev–Trinajstić information content (AvgIpc) is 1.53. The van der Waals surface area contributed by atoms with Crippen molar-refractivity contribution in [1.29, 1.82) is 0 Å². The van der Waals surface area contributed by atoms with Gasteiger partial charge in [0.1, 0.15) is 0 Å². The molecule has 6 aliphatic rings. The second-order valence-corrected chi connectivity index (χ2v) is 44.2. The van der Waals surface area contributed by atoms with Gasteiger partial charge in [-0.05, 0) is 264 Å². The summed E-state index contributed by atoms with van der Waals surface area (Å²) in [7, 11) is 0. The molecule has 28 rings (SSSR count). The molecular weight excluding hydrogens is 1770 g/mol. The molecule has 0 amide bonds. The van der Waals surface area contributed by atoms with E-state index in [0.29, 0.717) is 0 Å². The molecular formula is C142H124S2. The summed E-state index contributed by atoms with van der Waals surface area (Å²) in [6.07, 6.45) is 0. The fraction of sp³-hybridized carbons (Fsp3) is 0.155. The predicted molar refractivity (Wildman–Crippen MR) is 620 cm³/mol. The molecule has 0 saturated heterocycles. The van der Waals surface area contributed by atoms with Gasteiger partial charge in [0.05, 0.1) is 10.8 Å². The normalized spacial score (nSPS) is 14.2. The fourth-order valence-electron chi connectivity index (χ4n) is 24.8. The van der Waals surface area contributed by atoms with Crippen molar-refractivity contribution in [2.75, 3.05) is 0 Å². The molecule has 20 aromatic carbocycles. The van der Waals surface area contributed by atoms with E-state index in [-0.39, 0.29) is 32.5 Å². The zero-order valence-corrected chi connectivity index (χ0v) is 87.3. The van der Waals surface area contributed by atoms with E-state index in [4.69, 9.17) is 0 Å². The summed E-state index contributed by atoms with van der Waals surface area (Å²) in [6.45, 7) is 36.0. The quantitative estimate of drug-likeness (QED) is 0.165. The molecule has 2 aromatic heterocycles. The molecule has 0 atom stereocenters. The highest BCUT2D eigenvalue weighted by atomic mass is 32.1. The van der Waals surface area contributed by atoms with Crippen molar-refractivity contribution in [1.82, 2.24) is 0 Å². The third-order valence-electron chi connectivity index (χ3n) is 31.5. The van der Waals surface area contributed by atoms with E-state index in [1.54, 1.807) is 0 Å². The van der Waals surface area contributed by atoms with Crippen LogP contribution < -0.4 is 0 Å². The van der Waals surface area contributed by atoms with Crippen molar-refractivity contribution in [2.45, 2.75) is 143 Å². The zero-order valence-electron chi connectivity index (χ0n) is 85.7. The SMILES string of the molecule is Cc1ccc2c(c1)-c1ccccc1C2(C)C.Cc1ccc2c(c1)C(C)(C)c1ccccc1-2.Cc1ccc2c(c1)C(c1ccccc1)(c1ccccc1)c1ccccc1-2.Cc1ccc2sc3ccccc3c2c1.Cc1cccc2c1-c1ccccc1C2(C)C.Cc1cccc2c1C(C)(C)c1ccccc1-2.Cc1cccc2c1C(c1ccccc1)(c1ccccc1)c1ccccc1-2.Cc1cccc2sc3ccccc3c12. The molecule has 0 fully saturated rings. The number of benzene rings is 20. The maximum Gasteiger partial charge on any atom is 0.0716 e. The Morgan fingerprint density at radius 3 is 1.03 bits per heavy atom. The van der Waals surface area contributed by atoms with E-state index >= 15 is 0 Å².